The van der Waals surface area contributed by atoms with Crippen molar-refractivity contribution < 1.29 is 14.2 Å². The van der Waals surface area contributed by atoms with Crippen molar-refractivity contribution in [2.24, 2.45) is 0 Å². The minimum Gasteiger partial charge on any atom is -0.499 e. The van der Waals surface area contributed by atoms with E-state index >= 15 is 0 Å². The second-order valence-corrected chi connectivity index (χ2v) is 10.1. The van der Waals surface area contributed by atoms with Crippen LogP contribution in [0.15, 0.2) is 52.6 Å². The van der Waals surface area contributed by atoms with Gasteiger partial charge in [-0.25, -0.2) is 9.37 Å². The van der Waals surface area contributed by atoms with E-state index in [-0.39, 0.29) is 28.0 Å². The van der Waals surface area contributed by atoms with Gasteiger partial charge >= 0.3 is 0 Å². The maximum Gasteiger partial charge on any atom is 0.280 e. The number of ether oxygens (including phenoxy) is 1. The number of aromatic nitrogens is 5. The summed E-state index contributed by atoms with van der Waals surface area (Å²) < 4.78 is 22.6. The summed E-state index contributed by atoms with van der Waals surface area (Å²) in [7, 11) is 12.1. The van der Waals surface area contributed by atoms with Crippen molar-refractivity contribution in [2.75, 3.05) is 0 Å². The molecule has 196 valence electrons. The van der Waals surface area contributed by atoms with E-state index in [9.17, 15) is 19.1 Å². The fourth-order valence-electron chi connectivity index (χ4n) is 3.99. The third kappa shape index (κ3) is 5.39. The number of pyridine rings is 3. The average Bonchev–Trinajstić information content (AvgIpc) is 2.82. The highest BCUT2D eigenvalue weighted by Crippen LogP contribution is 2.30. The molecule has 0 bridgehead atoms. The third-order valence-electron chi connectivity index (χ3n) is 5.90. The Labute approximate surface area is 231 Å². The Bertz CT molecular complexity index is 1720. The first-order valence-corrected chi connectivity index (χ1v) is 12.1. The molecule has 1 N–H and O–H groups in total. The minimum absolute atomic E-state index is 0.0709. The van der Waals surface area contributed by atoms with Crippen LogP contribution in [-0.2, 0) is 11.0 Å². The summed E-state index contributed by atoms with van der Waals surface area (Å²) in [6.45, 7) is 7.90. The van der Waals surface area contributed by atoms with E-state index in [0.717, 1.165) is 0 Å². The molecule has 4 aromatic rings. The molecule has 0 aromatic carbocycles. The zero-order chi connectivity index (χ0) is 28.9. The summed E-state index contributed by atoms with van der Waals surface area (Å²) in [5.74, 6) is -0.769. The van der Waals surface area contributed by atoms with E-state index in [2.05, 4.69) is 15.0 Å². The third-order valence-corrected chi connectivity index (χ3v) is 6.24. The van der Waals surface area contributed by atoms with Gasteiger partial charge in [-0.05, 0) is 51.8 Å². The maximum absolute atomic E-state index is 14.5. The van der Waals surface area contributed by atoms with E-state index in [4.69, 9.17) is 32.0 Å². The second-order valence-electron chi connectivity index (χ2n) is 9.68. The molecule has 0 aliphatic rings. The van der Waals surface area contributed by atoms with Crippen LogP contribution in [0.25, 0.3) is 11.5 Å². The summed E-state index contributed by atoms with van der Waals surface area (Å²) in [5, 5.41) is 7.72. The van der Waals surface area contributed by atoms with Gasteiger partial charge in [-0.1, -0.05) is 11.6 Å². The molecule has 0 atom stereocenters. The van der Waals surface area contributed by atoms with E-state index in [0.29, 0.717) is 22.5 Å². The number of rotatable bonds is 6. The first-order chi connectivity index (χ1) is 18.1. The Balaban J connectivity index is 1.81. The lowest BCUT2D eigenvalue weighted by Gasteiger charge is -2.29. The van der Waals surface area contributed by atoms with Crippen molar-refractivity contribution in [3.63, 3.8) is 0 Å². The van der Waals surface area contributed by atoms with Gasteiger partial charge in [0.05, 0.1) is 11.1 Å². The first kappa shape index (κ1) is 28.3. The topological polar surface area (TPSA) is 112 Å². The number of aliphatic hydroxyl groups is 1. The molecule has 0 aliphatic carbocycles. The average molecular weight is 546 g/mol. The molecule has 39 heavy (non-hydrogen) atoms. The number of hydrogen-bond acceptors (Lipinski definition) is 7. The molecule has 0 amide bonds. The lowest BCUT2D eigenvalue weighted by Crippen LogP contribution is -2.37. The Kier molecular flexibility index (Phi) is 7.31. The van der Waals surface area contributed by atoms with Crippen LogP contribution in [-0.4, -0.2) is 44.9 Å². The molecule has 9 nitrogen and oxygen atoms in total. The standard InChI is InChI=1S/C26H23B2ClFN5O4/c1-13-8-16(30)21(33-11-13)26(27,28)39-18-9-15(3)35(23(36)20(18)29)17-10-19(32-12-14(17)2)34-7-6-31-22(24(34)37)25(4,5)38/h6-12,38H,1-5H3. The smallest absolute Gasteiger partial charge is 0.280 e. The molecule has 0 saturated heterocycles. The van der Waals surface area contributed by atoms with Gasteiger partial charge in [0.1, 0.15) is 55.1 Å². The van der Waals surface area contributed by atoms with Gasteiger partial charge in [-0.2, -0.15) is 0 Å². The van der Waals surface area contributed by atoms with Gasteiger partial charge in [0, 0.05) is 42.6 Å². The highest BCUT2D eigenvalue weighted by molar-refractivity contribution is 6.39. The molecule has 4 heterocycles. The summed E-state index contributed by atoms with van der Waals surface area (Å²) in [6.07, 6.45) is 5.64. The van der Waals surface area contributed by atoms with Crippen molar-refractivity contribution in [3.8, 4) is 17.3 Å². The summed E-state index contributed by atoms with van der Waals surface area (Å²) >= 11 is 6.39. The molecular weight excluding hydrogens is 522 g/mol. The van der Waals surface area contributed by atoms with Gasteiger partial charge in [0.15, 0.2) is 0 Å². The normalized spacial score (nSPS) is 12.0. The van der Waals surface area contributed by atoms with Crippen LogP contribution in [0, 0.1) is 26.6 Å². The van der Waals surface area contributed by atoms with Crippen LogP contribution in [0.1, 0.15) is 42.1 Å². The second kappa shape index (κ2) is 10.1. The Morgan fingerprint density at radius 2 is 1.69 bits per heavy atom. The number of halogens is 2. The van der Waals surface area contributed by atoms with E-state index in [1.807, 2.05) is 0 Å². The first-order valence-electron chi connectivity index (χ1n) is 11.7. The maximum atomic E-state index is 14.5. The van der Waals surface area contributed by atoms with E-state index < -0.39 is 27.9 Å². The predicted octanol–water partition coefficient (Wildman–Crippen LogP) is 2.64. The van der Waals surface area contributed by atoms with Crippen LogP contribution < -0.4 is 15.9 Å². The predicted molar refractivity (Wildman–Crippen MR) is 146 cm³/mol. The van der Waals surface area contributed by atoms with Gasteiger partial charge in [-0.15, -0.1) is 0 Å². The van der Waals surface area contributed by atoms with Crippen LogP contribution in [0.5, 0.6) is 5.75 Å². The minimum atomic E-state index is -2.23. The van der Waals surface area contributed by atoms with Gasteiger partial charge in [0.2, 0.25) is 0 Å². The molecule has 4 aromatic heterocycles. The van der Waals surface area contributed by atoms with Crippen molar-refractivity contribution >= 4 is 27.3 Å². The van der Waals surface area contributed by atoms with Crippen molar-refractivity contribution in [1.82, 2.24) is 24.1 Å². The van der Waals surface area contributed by atoms with Crippen molar-refractivity contribution in [1.29, 1.82) is 0 Å². The largest absolute Gasteiger partial charge is 0.499 e. The Morgan fingerprint density at radius 1 is 1.00 bits per heavy atom. The molecule has 0 saturated carbocycles. The fourth-order valence-corrected chi connectivity index (χ4v) is 4.17. The number of nitrogens with zero attached hydrogens (tertiary/aromatic N) is 5. The molecule has 0 aliphatic heterocycles. The van der Waals surface area contributed by atoms with E-state index in [1.54, 1.807) is 20.8 Å². The van der Waals surface area contributed by atoms with E-state index in [1.165, 1.54) is 66.0 Å². The Hall–Kier alpha value is -3.76. The highest BCUT2D eigenvalue weighted by atomic mass is 35.5. The number of aryl methyl sites for hydroxylation is 3. The van der Waals surface area contributed by atoms with Crippen molar-refractivity contribution in [3.05, 3.63) is 103 Å². The Morgan fingerprint density at radius 3 is 2.33 bits per heavy atom. The van der Waals surface area contributed by atoms with Crippen LogP contribution >= 0.6 is 11.6 Å². The lowest BCUT2D eigenvalue weighted by molar-refractivity contribution is 0.0718. The quantitative estimate of drug-likeness (QED) is 0.371. The fraction of sp³-hybridized carbons (Fsp3) is 0.269. The van der Waals surface area contributed by atoms with Crippen LogP contribution in [0.2, 0.25) is 5.02 Å². The zero-order valence-electron chi connectivity index (χ0n) is 21.9. The SMILES string of the molecule is [B]C([B])(Oc1cc(C)n(-c2cc(-n3ccnc(C(C)(C)O)c3=O)ncc2C)c(=O)c1Cl)c1ncc(C)cc1F. The molecule has 0 spiro atoms. The molecule has 0 fully saturated rings. The van der Waals surface area contributed by atoms with Crippen molar-refractivity contribution in [2.45, 2.75) is 45.6 Å². The molecule has 4 rings (SSSR count). The molecule has 4 radical (unpaired) electrons. The lowest BCUT2D eigenvalue weighted by atomic mass is 9.62. The number of hydrogen-bond donors (Lipinski definition) is 1. The van der Waals surface area contributed by atoms with Crippen LogP contribution in [0.4, 0.5) is 4.39 Å². The molecular formula is C26H23B2ClFN5O4. The highest BCUT2D eigenvalue weighted by Gasteiger charge is 2.29. The monoisotopic (exact) mass is 545 g/mol. The summed E-state index contributed by atoms with van der Waals surface area (Å²) in [5.41, 5.74) is -1.28. The summed E-state index contributed by atoms with van der Waals surface area (Å²) in [4.78, 5) is 38.7. The van der Waals surface area contributed by atoms with Gasteiger partial charge in [-0.3, -0.25) is 28.7 Å². The zero-order valence-corrected chi connectivity index (χ0v) is 22.6. The van der Waals surface area contributed by atoms with Gasteiger partial charge < -0.3 is 9.84 Å². The molecule has 13 heteroatoms. The molecule has 0 unspecified atom stereocenters. The van der Waals surface area contributed by atoms with Crippen LogP contribution in [0.3, 0.4) is 0 Å². The summed E-state index contributed by atoms with van der Waals surface area (Å²) in [6, 6.07) is 4.15. The van der Waals surface area contributed by atoms with Gasteiger partial charge in [0.25, 0.3) is 11.1 Å².